The van der Waals surface area contributed by atoms with Gasteiger partial charge in [-0.05, 0) is 22.2 Å². The summed E-state index contributed by atoms with van der Waals surface area (Å²) in [4.78, 5) is 1.07. The van der Waals surface area contributed by atoms with Gasteiger partial charge in [0.15, 0.2) is 0 Å². The van der Waals surface area contributed by atoms with E-state index >= 15 is 0 Å². The molecule has 0 saturated carbocycles. The van der Waals surface area contributed by atoms with Crippen molar-refractivity contribution in [3.63, 3.8) is 0 Å². The van der Waals surface area contributed by atoms with Crippen molar-refractivity contribution in [1.82, 2.24) is 4.90 Å². The molecule has 0 spiro atoms. The minimum atomic E-state index is -2.36. The number of hydrogen-bond acceptors (Lipinski definition) is 6. The van der Waals surface area contributed by atoms with Gasteiger partial charge in [-0.15, -0.1) is 0 Å². The van der Waals surface area contributed by atoms with Gasteiger partial charge in [-0.3, -0.25) is 17.5 Å². The number of rotatable bonds is 6. The predicted octanol–water partition coefficient (Wildman–Crippen LogP) is -7.69. The van der Waals surface area contributed by atoms with Gasteiger partial charge in [0.1, 0.15) is 0 Å². The van der Waals surface area contributed by atoms with Crippen LogP contribution in [0.3, 0.4) is 0 Å². The summed E-state index contributed by atoms with van der Waals surface area (Å²) in [6.07, 6.45) is 1.37. The van der Waals surface area contributed by atoms with Crippen LogP contribution in [0.1, 0.15) is 0 Å². The summed E-state index contributed by atoms with van der Waals surface area (Å²) >= 11 is -4.72. The molecule has 11 heteroatoms. The van der Waals surface area contributed by atoms with E-state index in [9.17, 15) is 21.7 Å². The van der Waals surface area contributed by atoms with E-state index in [-0.39, 0.29) is 109 Å². The minimum absolute atomic E-state index is 0. The average molecular weight is 326 g/mol. The van der Waals surface area contributed by atoms with Gasteiger partial charge in [-0.2, -0.15) is 0 Å². The molecule has 3 atom stereocenters. The molecule has 0 radical (unpaired) electrons. The fourth-order valence-electron chi connectivity index (χ4n) is 0.667. The Hall–Kier alpha value is 3.60. The average Bonchev–Trinajstić information content (AvgIpc) is 1.80. The maximum atomic E-state index is 10.7. The molecule has 6 nitrogen and oxygen atoms in total. The van der Waals surface area contributed by atoms with Crippen LogP contribution in [-0.4, -0.2) is 50.5 Å². The summed E-state index contributed by atoms with van der Waals surface area (Å²) in [5, 5.41) is 0. The van der Waals surface area contributed by atoms with Crippen LogP contribution < -0.4 is 103 Å². The van der Waals surface area contributed by atoms with Gasteiger partial charge >= 0.3 is 103 Å². The van der Waals surface area contributed by atoms with Crippen LogP contribution in [0.5, 0.6) is 0 Å². The second-order valence-electron chi connectivity index (χ2n) is 2.24. The molecule has 15 heavy (non-hydrogen) atoms. The molecule has 0 bridgehead atoms. The Morgan fingerprint density at radius 3 is 1.47 bits per heavy atom. The van der Waals surface area contributed by atoms with E-state index < -0.39 is 44.7 Å². The Bertz CT molecular complexity index is 202. The Morgan fingerprint density at radius 2 is 1.27 bits per heavy atom. The SMILES string of the molecule is CS(=O)CN(CS(=O)[O-])CS(=O)[O-].[K+].[K+]. The molecule has 80 valence electrons. The molecular formula is C4H9K2NO5S3. The van der Waals surface area contributed by atoms with Gasteiger partial charge in [0, 0.05) is 17.1 Å². The summed E-state index contributed by atoms with van der Waals surface area (Å²) < 4.78 is 51.6. The van der Waals surface area contributed by atoms with Crippen LogP contribution in [-0.2, 0) is 33.0 Å². The Labute approximate surface area is 182 Å². The van der Waals surface area contributed by atoms with E-state index in [1.165, 1.54) is 6.26 Å². The van der Waals surface area contributed by atoms with Gasteiger partial charge in [0.25, 0.3) is 0 Å². The zero-order chi connectivity index (χ0) is 10.4. The van der Waals surface area contributed by atoms with Crippen molar-refractivity contribution in [1.29, 1.82) is 0 Å². The molecule has 0 heterocycles. The van der Waals surface area contributed by atoms with Crippen molar-refractivity contribution in [3.8, 4) is 0 Å². The molecule has 0 aliphatic carbocycles. The Morgan fingerprint density at radius 1 is 0.933 bits per heavy atom. The van der Waals surface area contributed by atoms with Crippen molar-refractivity contribution >= 4 is 33.0 Å². The van der Waals surface area contributed by atoms with E-state index in [1.807, 2.05) is 0 Å². The first-order chi connectivity index (χ1) is 5.91. The molecule has 0 rings (SSSR count). The van der Waals surface area contributed by atoms with Crippen LogP contribution in [0, 0.1) is 0 Å². The van der Waals surface area contributed by atoms with E-state index in [0.29, 0.717) is 0 Å². The molecule has 0 amide bonds. The van der Waals surface area contributed by atoms with E-state index in [1.54, 1.807) is 0 Å². The van der Waals surface area contributed by atoms with Crippen LogP contribution in [0.4, 0.5) is 0 Å². The normalized spacial score (nSPS) is 16.0. The molecule has 0 aromatic rings. The number of hydrogen-bond donors (Lipinski definition) is 0. The second kappa shape index (κ2) is 14.0. The summed E-state index contributed by atoms with van der Waals surface area (Å²) in [5.41, 5.74) is 0. The maximum absolute atomic E-state index is 10.7. The van der Waals surface area contributed by atoms with E-state index in [2.05, 4.69) is 0 Å². The van der Waals surface area contributed by atoms with E-state index in [0.717, 1.165) is 4.90 Å². The fourth-order valence-corrected chi connectivity index (χ4v) is 2.67. The largest absolute Gasteiger partial charge is 1.00 e. The predicted molar refractivity (Wildman–Crippen MR) is 48.3 cm³/mol. The molecule has 0 aliphatic rings. The van der Waals surface area contributed by atoms with Crippen LogP contribution in [0.2, 0.25) is 0 Å². The van der Waals surface area contributed by atoms with Gasteiger partial charge in [0.05, 0.1) is 17.6 Å². The third kappa shape index (κ3) is 17.6. The standard InChI is InChI=1S/C4H11NO5S3.2K/c1-11(6)2-5(3-12(7)8)4-13(9)10;;/h2-4H2,1H3,(H,7,8)(H,9,10);;/q;2*+1/p-2. The summed E-state index contributed by atoms with van der Waals surface area (Å²) in [6.45, 7) is 0. The van der Waals surface area contributed by atoms with E-state index in [4.69, 9.17) is 0 Å². The van der Waals surface area contributed by atoms with Gasteiger partial charge in [-0.1, -0.05) is 0 Å². The molecule has 0 saturated heterocycles. The van der Waals surface area contributed by atoms with Gasteiger partial charge < -0.3 is 9.11 Å². The molecule has 3 unspecified atom stereocenters. The summed E-state index contributed by atoms with van der Waals surface area (Å²) in [7, 11) is -1.25. The topological polar surface area (TPSA) is 101 Å². The van der Waals surface area contributed by atoms with Crippen molar-refractivity contribution < 1.29 is 125 Å². The molecule has 0 fully saturated rings. The van der Waals surface area contributed by atoms with Crippen LogP contribution >= 0.6 is 0 Å². The summed E-state index contributed by atoms with van der Waals surface area (Å²) in [6, 6.07) is 0. The Balaban J connectivity index is -0.000000720. The summed E-state index contributed by atoms with van der Waals surface area (Å²) in [5.74, 6) is -0.914. The van der Waals surface area contributed by atoms with Crippen LogP contribution in [0.15, 0.2) is 0 Å². The van der Waals surface area contributed by atoms with Crippen molar-refractivity contribution in [2.24, 2.45) is 0 Å². The fraction of sp³-hybridized carbons (Fsp3) is 1.00. The van der Waals surface area contributed by atoms with Gasteiger partial charge in [-0.25, -0.2) is 0 Å². The molecule has 0 aliphatic heterocycles. The van der Waals surface area contributed by atoms with Crippen molar-refractivity contribution in [2.45, 2.75) is 0 Å². The first-order valence-corrected chi connectivity index (χ1v) is 7.27. The first-order valence-electron chi connectivity index (χ1n) is 3.06. The van der Waals surface area contributed by atoms with Crippen molar-refractivity contribution in [3.05, 3.63) is 0 Å². The third-order valence-electron chi connectivity index (χ3n) is 0.940. The monoisotopic (exact) mass is 325 g/mol. The zero-order valence-corrected chi connectivity index (χ0v) is 17.5. The molecule has 0 N–H and O–H groups in total. The molecular weight excluding hydrogens is 316 g/mol. The first kappa shape index (κ1) is 23.7. The maximum Gasteiger partial charge on any atom is 1.00 e. The minimum Gasteiger partial charge on any atom is -0.771 e. The molecule has 0 aromatic heterocycles. The number of nitrogens with zero attached hydrogens (tertiary/aromatic N) is 1. The zero-order valence-electron chi connectivity index (χ0n) is 8.83. The Kier molecular flexibility index (Phi) is 22.1. The van der Waals surface area contributed by atoms with Gasteiger partial charge in [0.2, 0.25) is 0 Å². The third-order valence-corrected chi connectivity index (χ3v) is 2.82. The second-order valence-corrected chi connectivity index (χ2v) is 5.37. The quantitative estimate of drug-likeness (QED) is 0.355. The van der Waals surface area contributed by atoms with Crippen molar-refractivity contribution in [2.75, 3.05) is 23.9 Å². The smallest absolute Gasteiger partial charge is 0.771 e. The molecule has 0 aromatic carbocycles. The van der Waals surface area contributed by atoms with Crippen LogP contribution in [0.25, 0.3) is 0 Å².